The lowest BCUT2D eigenvalue weighted by molar-refractivity contribution is 0.432. The fourth-order valence-corrected chi connectivity index (χ4v) is 2.84. The van der Waals surface area contributed by atoms with Crippen molar-refractivity contribution < 1.29 is 4.42 Å². The molecule has 0 unspecified atom stereocenters. The Hall–Kier alpha value is -2.27. The van der Waals surface area contributed by atoms with Crippen LogP contribution in [0, 0.1) is 0 Å². The molecule has 0 fully saturated rings. The Bertz CT molecular complexity index is 881. The molecule has 1 heterocycles. The summed E-state index contributed by atoms with van der Waals surface area (Å²) in [5.74, 6) is -0.647. The van der Waals surface area contributed by atoms with Gasteiger partial charge in [0.25, 0.3) is 0 Å². The first kappa shape index (κ1) is 12.7. The highest BCUT2D eigenvalue weighted by Gasteiger charge is 2.08. The minimum atomic E-state index is -0.647. The predicted molar refractivity (Wildman–Crippen MR) is 78.3 cm³/mol. The molecular weight excluding hydrogens is 274 g/mol. The first-order valence-electron chi connectivity index (χ1n) is 6.02. The number of hydrogen-bond acceptors (Lipinski definition) is 4. The van der Waals surface area contributed by atoms with Crippen LogP contribution in [0.5, 0.6) is 0 Å². The Morgan fingerprint density at radius 1 is 1.00 bits per heavy atom. The number of rotatable bonds is 2. The Morgan fingerprint density at radius 2 is 1.75 bits per heavy atom. The lowest BCUT2D eigenvalue weighted by atomic mass is 10.2. The van der Waals surface area contributed by atoms with E-state index in [2.05, 4.69) is 4.42 Å². The van der Waals surface area contributed by atoms with E-state index in [9.17, 15) is 9.59 Å². The molecule has 0 aliphatic carbocycles. The van der Waals surface area contributed by atoms with Gasteiger partial charge in [-0.2, -0.15) is 0 Å². The molecule has 0 saturated heterocycles. The lowest BCUT2D eigenvalue weighted by Crippen LogP contribution is -2.22. The molecule has 3 rings (SSSR count). The van der Waals surface area contributed by atoms with Crippen molar-refractivity contribution in [3.8, 4) is 0 Å². The summed E-state index contributed by atoms with van der Waals surface area (Å²) in [4.78, 5) is 25.2. The summed E-state index contributed by atoms with van der Waals surface area (Å²) in [5, 5.41) is 0.410. The van der Waals surface area contributed by atoms with E-state index in [0.29, 0.717) is 10.9 Å². The Morgan fingerprint density at radius 3 is 2.50 bits per heavy atom. The fraction of sp³-hybridized carbons (Fsp3) is 0.0667. The van der Waals surface area contributed by atoms with Crippen LogP contribution in [0.25, 0.3) is 10.9 Å². The van der Waals surface area contributed by atoms with E-state index in [1.54, 1.807) is 30.9 Å². The number of fused-ring (bicyclic) bond motifs is 1. The molecule has 5 heteroatoms. The molecule has 0 atom stereocenters. The molecule has 0 spiro atoms. The van der Waals surface area contributed by atoms with Gasteiger partial charge >= 0.3 is 11.4 Å². The maximum Gasteiger partial charge on any atom is 0.422 e. The highest BCUT2D eigenvalue weighted by atomic mass is 32.2. The molecule has 1 aromatic heterocycles. The molecule has 0 aliphatic heterocycles. The van der Waals surface area contributed by atoms with Crippen molar-refractivity contribution in [1.82, 2.24) is 4.57 Å². The van der Waals surface area contributed by atoms with Crippen LogP contribution in [-0.2, 0) is 7.05 Å². The molecule has 4 nitrogen and oxygen atoms in total. The van der Waals surface area contributed by atoms with Gasteiger partial charge in [0.15, 0.2) is 0 Å². The topological polar surface area (TPSA) is 52.2 Å². The molecular formula is C15H11NO3S. The molecule has 0 bridgehead atoms. The van der Waals surface area contributed by atoms with Gasteiger partial charge in [-0.25, -0.2) is 9.59 Å². The van der Waals surface area contributed by atoms with Gasteiger partial charge in [-0.05, 0) is 30.3 Å². The van der Waals surface area contributed by atoms with Gasteiger partial charge in [-0.15, -0.1) is 0 Å². The molecule has 0 N–H and O–H groups in total. The standard InChI is InChI=1S/C15H11NO3S/c1-16-13-8-7-11(20-10-5-3-2-4-6-10)9-12(13)14(17)19-15(16)18/h2-9H,1H3. The van der Waals surface area contributed by atoms with Gasteiger partial charge in [0.1, 0.15) is 0 Å². The molecule has 0 radical (unpaired) electrons. The molecule has 3 aromatic rings. The Balaban J connectivity index is 2.12. The zero-order valence-corrected chi connectivity index (χ0v) is 11.5. The van der Waals surface area contributed by atoms with E-state index in [1.807, 2.05) is 36.4 Å². The van der Waals surface area contributed by atoms with Gasteiger partial charge < -0.3 is 4.42 Å². The second-order valence-corrected chi connectivity index (χ2v) is 5.46. The predicted octanol–water partition coefficient (Wildman–Crippen LogP) is 2.64. The van der Waals surface area contributed by atoms with Crippen LogP contribution in [-0.4, -0.2) is 4.57 Å². The third-order valence-electron chi connectivity index (χ3n) is 2.98. The highest BCUT2D eigenvalue weighted by Crippen LogP contribution is 2.28. The van der Waals surface area contributed by atoms with E-state index in [0.717, 1.165) is 9.79 Å². The zero-order valence-electron chi connectivity index (χ0n) is 10.7. The normalized spacial score (nSPS) is 10.8. The zero-order chi connectivity index (χ0) is 14.1. The maximum absolute atomic E-state index is 11.8. The van der Waals surface area contributed by atoms with Crippen LogP contribution in [0.15, 0.2) is 72.3 Å². The summed E-state index contributed by atoms with van der Waals surface area (Å²) in [7, 11) is 1.58. The molecule has 0 amide bonds. The summed E-state index contributed by atoms with van der Waals surface area (Å²) in [6, 6.07) is 15.3. The Labute approximate surface area is 118 Å². The van der Waals surface area contributed by atoms with E-state index in [-0.39, 0.29) is 0 Å². The van der Waals surface area contributed by atoms with Crippen molar-refractivity contribution in [3.63, 3.8) is 0 Å². The minimum Gasteiger partial charge on any atom is -0.372 e. The van der Waals surface area contributed by atoms with Crippen LogP contribution < -0.4 is 11.4 Å². The van der Waals surface area contributed by atoms with E-state index >= 15 is 0 Å². The number of aromatic nitrogens is 1. The van der Waals surface area contributed by atoms with Gasteiger partial charge in [-0.1, -0.05) is 30.0 Å². The average Bonchev–Trinajstić information content (AvgIpc) is 2.46. The van der Waals surface area contributed by atoms with Gasteiger partial charge in [-0.3, -0.25) is 4.57 Å². The molecule has 20 heavy (non-hydrogen) atoms. The Kier molecular flexibility index (Phi) is 3.20. The number of nitrogens with zero attached hydrogens (tertiary/aromatic N) is 1. The van der Waals surface area contributed by atoms with Crippen LogP contribution in [0.3, 0.4) is 0 Å². The second kappa shape index (κ2) is 5.02. The maximum atomic E-state index is 11.8. The summed E-state index contributed by atoms with van der Waals surface area (Å²) < 4.78 is 6.00. The fourth-order valence-electron chi connectivity index (χ4n) is 1.96. The second-order valence-electron chi connectivity index (χ2n) is 4.31. The average molecular weight is 285 g/mol. The van der Waals surface area contributed by atoms with Crippen LogP contribution in [0.2, 0.25) is 0 Å². The SMILES string of the molecule is Cn1c(=O)oc(=O)c2cc(Sc3ccccc3)ccc21. The third kappa shape index (κ3) is 2.28. The summed E-state index contributed by atoms with van der Waals surface area (Å²) in [5.41, 5.74) is -0.0257. The number of aryl methyl sites for hydroxylation is 1. The van der Waals surface area contributed by atoms with Gasteiger partial charge in [0.05, 0.1) is 10.9 Å². The summed E-state index contributed by atoms with van der Waals surface area (Å²) >= 11 is 1.55. The molecule has 0 saturated carbocycles. The third-order valence-corrected chi connectivity index (χ3v) is 3.98. The van der Waals surface area contributed by atoms with E-state index in [4.69, 9.17) is 0 Å². The molecule has 0 aliphatic rings. The summed E-state index contributed by atoms with van der Waals surface area (Å²) in [6.07, 6.45) is 0. The lowest BCUT2D eigenvalue weighted by Gasteiger charge is -2.05. The van der Waals surface area contributed by atoms with Crippen LogP contribution >= 0.6 is 11.8 Å². The monoisotopic (exact) mass is 285 g/mol. The van der Waals surface area contributed by atoms with Crippen molar-refractivity contribution >= 4 is 22.7 Å². The van der Waals surface area contributed by atoms with Crippen molar-refractivity contribution in [1.29, 1.82) is 0 Å². The minimum absolute atomic E-state index is 0.410. The van der Waals surface area contributed by atoms with Crippen molar-refractivity contribution in [2.45, 2.75) is 9.79 Å². The van der Waals surface area contributed by atoms with Crippen LogP contribution in [0.4, 0.5) is 0 Å². The van der Waals surface area contributed by atoms with Gasteiger partial charge in [0, 0.05) is 16.8 Å². The molecule has 2 aromatic carbocycles. The van der Waals surface area contributed by atoms with E-state index in [1.165, 1.54) is 4.57 Å². The van der Waals surface area contributed by atoms with Crippen LogP contribution in [0.1, 0.15) is 0 Å². The first-order chi connectivity index (χ1) is 9.65. The molecule has 100 valence electrons. The largest absolute Gasteiger partial charge is 0.422 e. The number of benzene rings is 2. The summed E-state index contributed by atoms with van der Waals surface area (Å²) in [6.45, 7) is 0. The van der Waals surface area contributed by atoms with Gasteiger partial charge in [0.2, 0.25) is 0 Å². The quantitative estimate of drug-likeness (QED) is 0.726. The van der Waals surface area contributed by atoms with Crippen molar-refractivity contribution in [2.75, 3.05) is 0 Å². The number of hydrogen-bond donors (Lipinski definition) is 0. The highest BCUT2D eigenvalue weighted by molar-refractivity contribution is 7.99. The smallest absolute Gasteiger partial charge is 0.372 e. The van der Waals surface area contributed by atoms with Crippen molar-refractivity contribution in [3.05, 3.63) is 69.5 Å². The van der Waals surface area contributed by atoms with E-state index < -0.39 is 11.4 Å². The first-order valence-corrected chi connectivity index (χ1v) is 6.83. The van der Waals surface area contributed by atoms with Crippen molar-refractivity contribution in [2.24, 2.45) is 7.05 Å².